The average Bonchev–Trinajstić information content (AvgIpc) is 2.12. The molecule has 0 spiro atoms. The van der Waals surface area contributed by atoms with Crippen molar-refractivity contribution in [3.8, 4) is 5.75 Å². The number of benzene rings is 1. The van der Waals surface area contributed by atoms with Gasteiger partial charge in [-0.25, -0.2) is 4.39 Å². The van der Waals surface area contributed by atoms with E-state index in [-0.39, 0.29) is 10.6 Å². The molecular formula is C11H11BrClFO2. The Kier molecular flexibility index (Phi) is 2.93. The van der Waals surface area contributed by atoms with E-state index < -0.39 is 17.5 Å². The van der Waals surface area contributed by atoms with Crippen LogP contribution in [0.4, 0.5) is 4.39 Å². The Morgan fingerprint density at radius 1 is 1.62 bits per heavy atom. The minimum absolute atomic E-state index is 0.0204. The van der Waals surface area contributed by atoms with Gasteiger partial charge >= 0.3 is 0 Å². The predicted octanol–water partition coefficient (Wildman–Crippen LogP) is 3.84. The van der Waals surface area contributed by atoms with Crippen molar-refractivity contribution in [3.63, 3.8) is 0 Å². The number of aliphatic hydroxyl groups is 1. The molecule has 88 valence electrons. The molecule has 5 heteroatoms. The van der Waals surface area contributed by atoms with E-state index in [2.05, 4.69) is 15.9 Å². The maximum Gasteiger partial charge on any atom is 0.151 e. The lowest BCUT2D eigenvalue weighted by Crippen LogP contribution is -2.35. The van der Waals surface area contributed by atoms with Crippen LogP contribution >= 0.6 is 27.5 Å². The maximum atomic E-state index is 13.8. The summed E-state index contributed by atoms with van der Waals surface area (Å²) in [5, 5.41) is 9.91. The lowest BCUT2D eigenvalue weighted by atomic mass is 9.91. The molecule has 1 aliphatic heterocycles. The fraction of sp³-hybridized carbons (Fsp3) is 0.455. The van der Waals surface area contributed by atoms with Crippen LogP contribution in [0.25, 0.3) is 0 Å². The molecule has 0 aliphatic carbocycles. The minimum Gasteiger partial charge on any atom is -0.486 e. The van der Waals surface area contributed by atoms with Crippen molar-refractivity contribution in [2.24, 2.45) is 0 Å². The summed E-state index contributed by atoms with van der Waals surface area (Å²) in [5.41, 5.74) is -0.381. The molecule has 1 N–H and O–H groups in total. The van der Waals surface area contributed by atoms with Crippen LogP contribution in [0.2, 0.25) is 5.02 Å². The summed E-state index contributed by atoms with van der Waals surface area (Å²) in [7, 11) is 0. The van der Waals surface area contributed by atoms with Gasteiger partial charge in [0.1, 0.15) is 11.4 Å². The molecule has 1 atom stereocenters. The first-order chi connectivity index (χ1) is 7.32. The molecule has 1 aromatic carbocycles. The van der Waals surface area contributed by atoms with Crippen LogP contribution in [0.3, 0.4) is 0 Å². The molecule has 1 heterocycles. The first-order valence-electron chi connectivity index (χ1n) is 4.86. The highest BCUT2D eigenvalue weighted by molar-refractivity contribution is 9.10. The SMILES string of the molecule is CC1(C)CC(O)c2c(F)c(Cl)cc(Br)c2O1. The molecule has 0 fully saturated rings. The van der Waals surface area contributed by atoms with Gasteiger partial charge in [-0.05, 0) is 35.8 Å². The van der Waals surface area contributed by atoms with Gasteiger partial charge in [-0.15, -0.1) is 0 Å². The topological polar surface area (TPSA) is 29.5 Å². The lowest BCUT2D eigenvalue weighted by molar-refractivity contribution is 0.00845. The molecule has 0 aromatic heterocycles. The van der Waals surface area contributed by atoms with E-state index in [9.17, 15) is 9.50 Å². The molecule has 1 aromatic rings. The third-order valence-corrected chi connectivity index (χ3v) is 3.42. The minimum atomic E-state index is -0.895. The van der Waals surface area contributed by atoms with E-state index in [0.717, 1.165) is 0 Å². The standard InChI is InChI=1S/C11H11BrClFO2/c1-11(2)4-7(15)8-9(14)6(13)3-5(12)10(8)16-11/h3,7,15H,4H2,1-2H3. The zero-order valence-corrected chi connectivity index (χ0v) is 11.2. The largest absolute Gasteiger partial charge is 0.486 e. The van der Waals surface area contributed by atoms with E-state index in [1.54, 1.807) is 0 Å². The summed E-state index contributed by atoms with van der Waals surface area (Å²) in [5.74, 6) is -0.270. The van der Waals surface area contributed by atoms with Gasteiger partial charge in [0.25, 0.3) is 0 Å². The van der Waals surface area contributed by atoms with E-state index in [1.807, 2.05) is 13.8 Å². The monoisotopic (exact) mass is 308 g/mol. The Morgan fingerprint density at radius 2 is 2.25 bits per heavy atom. The van der Waals surface area contributed by atoms with Gasteiger partial charge in [0.2, 0.25) is 0 Å². The van der Waals surface area contributed by atoms with E-state index >= 15 is 0 Å². The second-order valence-electron chi connectivity index (χ2n) is 4.48. The Bertz CT molecular complexity index is 448. The summed E-state index contributed by atoms with van der Waals surface area (Å²) < 4.78 is 20.0. The Balaban J connectivity index is 2.64. The van der Waals surface area contributed by atoms with E-state index in [4.69, 9.17) is 16.3 Å². The van der Waals surface area contributed by atoms with Gasteiger partial charge < -0.3 is 9.84 Å². The first kappa shape index (κ1) is 12.1. The molecule has 2 nitrogen and oxygen atoms in total. The Labute approximate surface area is 106 Å². The summed E-state index contributed by atoms with van der Waals surface area (Å²) in [6.45, 7) is 3.69. The smallest absolute Gasteiger partial charge is 0.151 e. The Morgan fingerprint density at radius 3 is 2.88 bits per heavy atom. The number of ether oxygens (including phenoxy) is 1. The van der Waals surface area contributed by atoms with Crippen molar-refractivity contribution in [2.45, 2.75) is 32.0 Å². The molecule has 16 heavy (non-hydrogen) atoms. The predicted molar refractivity (Wildman–Crippen MR) is 63.4 cm³/mol. The molecule has 1 unspecified atom stereocenters. The number of fused-ring (bicyclic) bond motifs is 1. The number of rotatable bonds is 0. The van der Waals surface area contributed by atoms with Gasteiger partial charge in [-0.2, -0.15) is 0 Å². The second kappa shape index (κ2) is 3.86. The van der Waals surface area contributed by atoms with Crippen LogP contribution in [0, 0.1) is 5.82 Å². The molecule has 0 amide bonds. The van der Waals surface area contributed by atoms with Crippen molar-refractivity contribution < 1.29 is 14.2 Å². The summed E-state index contributed by atoms with van der Waals surface area (Å²) in [6.07, 6.45) is -0.558. The van der Waals surface area contributed by atoms with Crippen LogP contribution in [0.15, 0.2) is 10.5 Å². The third kappa shape index (κ3) is 1.94. The highest BCUT2D eigenvalue weighted by Gasteiger charge is 2.36. The van der Waals surface area contributed by atoms with Crippen molar-refractivity contribution in [3.05, 3.63) is 26.9 Å². The zero-order chi connectivity index (χ0) is 12.1. The maximum absolute atomic E-state index is 13.8. The molecule has 0 radical (unpaired) electrons. The number of hydrogen-bond donors (Lipinski definition) is 1. The summed E-state index contributed by atoms with van der Waals surface area (Å²) >= 11 is 8.97. The highest BCUT2D eigenvalue weighted by Crippen LogP contribution is 2.46. The molecule has 1 aliphatic rings. The van der Waals surface area contributed by atoms with E-state index in [1.165, 1.54) is 6.07 Å². The van der Waals surface area contributed by atoms with Gasteiger partial charge in [-0.3, -0.25) is 0 Å². The number of hydrogen-bond acceptors (Lipinski definition) is 2. The van der Waals surface area contributed by atoms with Crippen molar-refractivity contribution in [1.82, 2.24) is 0 Å². The number of aliphatic hydroxyl groups excluding tert-OH is 1. The number of halogens is 3. The average molecular weight is 310 g/mol. The zero-order valence-electron chi connectivity index (χ0n) is 8.85. The summed E-state index contributed by atoms with van der Waals surface area (Å²) in [4.78, 5) is 0. The molecule has 0 saturated carbocycles. The fourth-order valence-electron chi connectivity index (χ4n) is 1.88. The third-order valence-electron chi connectivity index (χ3n) is 2.56. The Hall–Kier alpha value is -0.320. The van der Waals surface area contributed by atoms with Crippen LogP contribution < -0.4 is 4.74 Å². The molecule has 0 bridgehead atoms. The lowest BCUT2D eigenvalue weighted by Gasteiger charge is -2.36. The van der Waals surface area contributed by atoms with Crippen LogP contribution in [-0.4, -0.2) is 10.7 Å². The van der Waals surface area contributed by atoms with Crippen molar-refractivity contribution in [1.29, 1.82) is 0 Å². The molecular weight excluding hydrogens is 298 g/mol. The summed E-state index contributed by atoms with van der Waals surface area (Å²) in [6, 6.07) is 1.43. The van der Waals surface area contributed by atoms with Gasteiger partial charge in [0, 0.05) is 6.42 Å². The fourth-order valence-corrected chi connectivity index (χ4v) is 2.75. The van der Waals surface area contributed by atoms with Crippen LogP contribution in [0.1, 0.15) is 31.9 Å². The van der Waals surface area contributed by atoms with Gasteiger partial charge in [-0.1, -0.05) is 11.6 Å². The van der Waals surface area contributed by atoms with Gasteiger partial charge in [0.15, 0.2) is 5.82 Å². The highest BCUT2D eigenvalue weighted by atomic mass is 79.9. The van der Waals surface area contributed by atoms with Crippen LogP contribution in [0.5, 0.6) is 5.75 Å². The quantitative estimate of drug-likeness (QED) is 0.738. The van der Waals surface area contributed by atoms with Gasteiger partial charge in [0.05, 0.1) is 21.2 Å². The first-order valence-corrected chi connectivity index (χ1v) is 6.03. The van der Waals surface area contributed by atoms with Crippen molar-refractivity contribution >= 4 is 27.5 Å². The second-order valence-corrected chi connectivity index (χ2v) is 5.74. The molecule has 0 saturated heterocycles. The molecule has 2 rings (SSSR count). The van der Waals surface area contributed by atoms with Crippen molar-refractivity contribution in [2.75, 3.05) is 0 Å². The normalized spacial score (nSPS) is 22.5. The van der Waals surface area contributed by atoms with E-state index in [0.29, 0.717) is 16.6 Å². The van der Waals surface area contributed by atoms with Crippen LogP contribution in [-0.2, 0) is 0 Å².